The van der Waals surface area contributed by atoms with E-state index in [1.807, 2.05) is 0 Å². The van der Waals surface area contributed by atoms with Crippen LogP contribution < -0.4 is 4.90 Å². The number of benzene rings is 8. The smallest absolute Gasteiger partial charge is 0.0540 e. The van der Waals surface area contributed by atoms with Crippen molar-refractivity contribution in [2.45, 2.75) is 51.9 Å². The minimum absolute atomic E-state index is 0.0657. The van der Waals surface area contributed by atoms with Gasteiger partial charge in [0.05, 0.1) is 5.69 Å². The first-order chi connectivity index (χ1) is 27.9. The number of fused-ring (bicyclic) bond motifs is 7. The summed E-state index contributed by atoms with van der Waals surface area (Å²) in [6, 6.07) is 54.6. The SMILES string of the molecule is CC(C)(C)c1ccc(N(c2ccc3c(c2)c2ccccc2c2c(C4=CC=CCC4)c(-c4ccccc4)cc(C4=CC=CCC4)c32)c2cccc3ccccc23)cc1. The summed E-state index contributed by atoms with van der Waals surface area (Å²) in [4.78, 5) is 2.46. The lowest BCUT2D eigenvalue weighted by atomic mass is 9.79. The molecular formula is C56H47N. The monoisotopic (exact) mass is 733 g/mol. The Hall–Kier alpha value is -6.44. The normalized spacial score (nSPS) is 14.4. The highest BCUT2D eigenvalue weighted by atomic mass is 15.1. The highest BCUT2D eigenvalue weighted by Gasteiger charge is 2.25. The fourth-order valence-electron chi connectivity index (χ4n) is 9.29. The van der Waals surface area contributed by atoms with Gasteiger partial charge in [-0.1, -0.05) is 166 Å². The van der Waals surface area contributed by atoms with Crippen molar-refractivity contribution in [2.75, 3.05) is 4.90 Å². The number of nitrogens with zero attached hydrogens (tertiary/aromatic N) is 1. The van der Waals surface area contributed by atoms with Crippen LogP contribution in [0.1, 0.15) is 63.1 Å². The number of hydrogen-bond acceptors (Lipinski definition) is 1. The largest absolute Gasteiger partial charge is 0.310 e. The molecule has 8 aromatic carbocycles. The van der Waals surface area contributed by atoms with Gasteiger partial charge in [-0.15, -0.1) is 0 Å². The van der Waals surface area contributed by atoms with Crippen molar-refractivity contribution in [3.63, 3.8) is 0 Å². The molecule has 2 aliphatic rings. The molecule has 276 valence electrons. The van der Waals surface area contributed by atoms with Crippen LogP contribution in [0.25, 0.3) is 65.4 Å². The lowest BCUT2D eigenvalue weighted by molar-refractivity contribution is 0.590. The van der Waals surface area contributed by atoms with Crippen LogP contribution in [-0.4, -0.2) is 0 Å². The van der Waals surface area contributed by atoms with E-state index in [1.54, 1.807) is 0 Å². The van der Waals surface area contributed by atoms with Gasteiger partial charge in [-0.25, -0.2) is 0 Å². The molecule has 0 atom stereocenters. The number of hydrogen-bond donors (Lipinski definition) is 0. The number of anilines is 3. The maximum Gasteiger partial charge on any atom is 0.0540 e. The van der Waals surface area contributed by atoms with Crippen LogP contribution in [0.2, 0.25) is 0 Å². The van der Waals surface area contributed by atoms with Gasteiger partial charge in [0, 0.05) is 16.8 Å². The van der Waals surface area contributed by atoms with E-state index in [2.05, 4.69) is 208 Å². The quantitative estimate of drug-likeness (QED) is 0.154. The standard InChI is InChI=1S/C56H47N/c1-56(2,3)42-30-32-43(33-31-42)57(52-29-17-25-38-22-13-14-26-45(38)52)44-34-35-48-51(36-44)46-27-15-16-28-47(46)55-53(41-23-11-6-12-24-41)49(39-18-7-4-8-19-39)37-50(54(48)55)40-20-9-5-10-21-40/h4-9,11,13-20,22-23,25-37H,10,12,21,24H2,1-3H3. The molecular weight excluding hydrogens is 687 g/mol. The van der Waals surface area contributed by atoms with Crippen LogP contribution in [0.3, 0.4) is 0 Å². The molecule has 57 heavy (non-hydrogen) atoms. The molecule has 0 unspecified atom stereocenters. The molecule has 0 amide bonds. The topological polar surface area (TPSA) is 3.24 Å². The molecule has 2 aliphatic carbocycles. The highest BCUT2D eigenvalue weighted by molar-refractivity contribution is 6.31. The van der Waals surface area contributed by atoms with Crippen LogP contribution in [0.5, 0.6) is 0 Å². The molecule has 0 N–H and O–H groups in total. The fraction of sp³-hybridized carbons (Fsp3) is 0.143. The average molecular weight is 734 g/mol. The summed E-state index contributed by atoms with van der Waals surface area (Å²) in [6.07, 6.45) is 18.0. The first kappa shape index (κ1) is 35.0. The number of rotatable bonds is 6. The van der Waals surface area contributed by atoms with Gasteiger partial charge < -0.3 is 4.90 Å². The van der Waals surface area contributed by atoms with Gasteiger partial charge in [0.15, 0.2) is 0 Å². The van der Waals surface area contributed by atoms with E-state index < -0.39 is 0 Å². The fourth-order valence-corrected chi connectivity index (χ4v) is 9.29. The van der Waals surface area contributed by atoms with E-state index in [1.165, 1.54) is 87.7 Å². The molecule has 0 bridgehead atoms. The molecule has 0 saturated carbocycles. The zero-order valence-corrected chi connectivity index (χ0v) is 33.1. The van der Waals surface area contributed by atoms with Crippen molar-refractivity contribution in [3.05, 3.63) is 199 Å². The van der Waals surface area contributed by atoms with Gasteiger partial charge in [0.1, 0.15) is 0 Å². The second-order valence-corrected chi connectivity index (χ2v) is 16.7. The Morgan fingerprint density at radius 3 is 1.82 bits per heavy atom. The molecule has 1 heteroatoms. The predicted molar refractivity (Wildman–Crippen MR) is 248 cm³/mol. The molecule has 8 aromatic rings. The maximum absolute atomic E-state index is 2.53. The van der Waals surface area contributed by atoms with Gasteiger partial charge in [0.25, 0.3) is 0 Å². The maximum atomic E-state index is 2.53. The lowest BCUT2D eigenvalue weighted by Crippen LogP contribution is -2.13. The van der Waals surface area contributed by atoms with Crippen LogP contribution in [0, 0.1) is 0 Å². The van der Waals surface area contributed by atoms with Crippen LogP contribution in [-0.2, 0) is 5.41 Å². The molecule has 0 spiro atoms. The van der Waals surface area contributed by atoms with Gasteiger partial charge in [0.2, 0.25) is 0 Å². The minimum atomic E-state index is 0.0657. The summed E-state index contributed by atoms with van der Waals surface area (Å²) in [5, 5.41) is 10.3. The van der Waals surface area contributed by atoms with E-state index in [0.717, 1.165) is 37.1 Å². The Bertz CT molecular complexity index is 2960. The van der Waals surface area contributed by atoms with Gasteiger partial charge in [-0.05, 0) is 144 Å². The average Bonchev–Trinajstić information content (AvgIpc) is 3.27. The summed E-state index contributed by atoms with van der Waals surface area (Å²) < 4.78 is 0. The second kappa shape index (κ2) is 14.3. The molecule has 0 fully saturated rings. The second-order valence-electron chi connectivity index (χ2n) is 16.7. The van der Waals surface area contributed by atoms with Crippen molar-refractivity contribution in [2.24, 2.45) is 0 Å². The van der Waals surface area contributed by atoms with Crippen LogP contribution in [0.4, 0.5) is 17.1 Å². The first-order valence-electron chi connectivity index (χ1n) is 20.6. The number of allylic oxidation sites excluding steroid dienone is 8. The van der Waals surface area contributed by atoms with Crippen LogP contribution in [0.15, 0.2) is 182 Å². The molecule has 0 radical (unpaired) electrons. The van der Waals surface area contributed by atoms with E-state index in [0.29, 0.717) is 0 Å². The summed E-state index contributed by atoms with van der Waals surface area (Å²) in [7, 11) is 0. The van der Waals surface area contributed by atoms with Gasteiger partial charge >= 0.3 is 0 Å². The third-order valence-electron chi connectivity index (χ3n) is 12.1. The Morgan fingerprint density at radius 2 is 1.11 bits per heavy atom. The molecule has 10 rings (SSSR count). The predicted octanol–water partition coefficient (Wildman–Crippen LogP) is 16.2. The molecule has 0 saturated heterocycles. The summed E-state index contributed by atoms with van der Waals surface area (Å²) in [5.74, 6) is 0. The summed E-state index contributed by atoms with van der Waals surface area (Å²) in [6.45, 7) is 6.85. The Kier molecular flexibility index (Phi) is 8.75. The van der Waals surface area contributed by atoms with E-state index >= 15 is 0 Å². The van der Waals surface area contributed by atoms with Crippen LogP contribution >= 0.6 is 0 Å². The Balaban J connectivity index is 1.32. The van der Waals surface area contributed by atoms with Crippen molar-refractivity contribution in [1.29, 1.82) is 0 Å². The third-order valence-corrected chi connectivity index (χ3v) is 12.1. The van der Waals surface area contributed by atoms with Gasteiger partial charge in [-0.3, -0.25) is 0 Å². The molecule has 0 aromatic heterocycles. The van der Waals surface area contributed by atoms with Gasteiger partial charge in [-0.2, -0.15) is 0 Å². The molecule has 0 aliphatic heterocycles. The van der Waals surface area contributed by atoms with E-state index in [-0.39, 0.29) is 5.41 Å². The van der Waals surface area contributed by atoms with Crippen molar-refractivity contribution in [1.82, 2.24) is 0 Å². The Morgan fingerprint density at radius 1 is 0.474 bits per heavy atom. The molecule has 0 heterocycles. The zero-order valence-electron chi connectivity index (χ0n) is 33.1. The van der Waals surface area contributed by atoms with Crippen molar-refractivity contribution < 1.29 is 0 Å². The van der Waals surface area contributed by atoms with E-state index in [9.17, 15) is 0 Å². The third kappa shape index (κ3) is 6.19. The van der Waals surface area contributed by atoms with Crippen molar-refractivity contribution in [3.8, 4) is 11.1 Å². The highest BCUT2D eigenvalue weighted by Crippen LogP contribution is 2.50. The molecule has 1 nitrogen and oxygen atoms in total. The summed E-state index contributed by atoms with van der Waals surface area (Å²) in [5.41, 5.74) is 13.0. The zero-order chi connectivity index (χ0) is 38.5. The van der Waals surface area contributed by atoms with E-state index in [4.69, 9.17) is 0 Å². The Labute approximate surface area is 336 Å². The minimum Gasteiger partial charge on any atom is -0.310 e. The lowest BCUT2D eigenvalue weighted by Gasteiger charge is -2.29. The first-order valence-corrected chi connectivity index (χ1v) is 20.6. The van der Waals surface area contributed by atoms with Crippen molar-refractivity contribution >= 4 is 71.3 Å². The summed E-state index contributed by atoms with van der Waals surface area (Å²) >= 11 is 0.